The van der Waals surface area contributed by atoms with E-state index in [-0.39, 0.29) is 5.57 Å². The van der Waals surface area contributed by atoms with E-state index >= 15 is 0 Å². The summed E-state index contributed by atoms with van der Waals surface area (Å²) in [4.78, 5) is 27.3. The molecular weight excluding hydrogens is 466 g/mol. The van der Waals surface area contributed by atoms with Crippen LogP contribution in [0.15, 0.2) is 76.5 Å². The van der Waals surface area contributed by atoms with Crippen LogP contribution in [0.5, 0.6) is 0 Å². The van der Waals surface area contributed by atoms with Crippen molar-refractivity contribution in [1.29, 1.82) is 0 Å². The van der Waals surface area contributed by atoms with Crippen LogP contribution in [0.2, 0.25) is 0 Å². The predicted molar refractivity (Wildman–Crippen MR) is 119 cm³/mol. The number of allylic oxidation sites excluding steroid dienone is 1. The van der Waals surface area contributed by atoms with E-state index in [1.54, 1.807) is 25.1 Å². The Hall–Kier alpha value is -3.10. The first-order valence-electron chi connectivity index (χ1n) is 9.05. The van der Waals surface area contributed by atoms with E-state index in [2.05, 4.69) is 26.1 Å². The lowest BCUT2D eigenvalue weighted by Gasteiger charge is -2.23. The number of hydrogen-bond donors (Lipinski definition) is 1. The first-order chi connectivity index (χ1) is 14.5. The summed E-state index contributed by atoms with van der Waals surface area (Å²) in [6.07, 6.45) is 3.03. The Bertz CT molecular complexity index is 1170. The predicted octanol–water partition coefficient (Wildman–Crippen LogP) is 4.79. The summed E-state index contributed by atoms with van der Waals surface area (Å²) in [6.45, 7) is 1.78. The summed E-state index contributed by atoms with van der Waals surface area (Å²) < 4.78 is 0.860. The number of benzene rings is 2. The van der Waals surface area contributed by atoms with Crippen molar-refractivity contribution in [1.82, 2.24) is 10.2 Å². The fourth-order valence-electron chi connectivity index (χ4n) is 3.22. The number of carbonyl (C=O) groups is 2. The van der Waals surface area contributed by atoms with Gasteiger partial charge in [-0.05, 0) is 36.3 Å². The topological polar surface area (TPSA) is 83.4 Å². The van der Waals surface area contributed by atoms with Gasteiger partial charge >= 0.3 is 0 Å². The first-order valence-corrected chi connectivity index (χ1v) is 10.7. The Morgan fingerprint density at radius 3 is 2.47 bits per heavy atom. The van der Waals surface area contributed by atoms with Crippen molar-refractivity contribution < 1.29 is 14.7 Å². The molecule has 150 valence electrons. The molecule has 0 saturated heterocycles. The summed E-state index contributed by atoms with van der Waals surface area (Å²) in [5, 5.41) is 19.7. The molecule has 0 fully saturated rings. The van der Waals surface area contributed by atoms with E-state index in [0.29, 0.717) is 15.7 Å². The van der Waals surface area contributed by atoms with Gasteiger partial charge in [0.25, 0.3) is 5.91 Å². The highest BCUT2D eigenvalue weighted by molar-refractivity contribution is 9.10. The molecule has 6 nitrogen and oxygen atoms in total. The molecule has 1 aromatic heterocycles. The van der Waals surface area contributed by atoms with Crippen molar-refractivity contribution in [3.8, 4) is 0 Å². The monoisotopic (exact) mass is 481 g/mol. The van der Waals surface area contributed by atoms with Crippen molar-refractivity contribution in [3.05, 3.63) is 92.6 Å². The Morgan fingerprint density at radius 2 is 1.83 bits per heavy atom. The molecule has 0 bridgehead atoms. The summed E-state index contributed by atoms with van der Waals surface area (Å²) >= 11 is 4.62. The molecule has 1 aliphatic heterocycles. The van der Waals surface area contributed by atoms with Gasteiger partial charge in [0.05, 0.1) is 11.6 Å². The van der Waals surface area contributed by atoms with Crippen LogP contribution in [0.1, 0.15) is 22.2 Å². The highest BCUT2D eigenvalue weighted by Gasteiger charge is 2.45. The van der Waals surface area contributed by atoms with E-state index in [0.717, 1.165) is 10.0 Å². The average molecular weight is 482 g/mol. The smallest absolute Gasteiger partial charge is 0.296 e. The molecule has 1 aliphatic rings. The molecule has 2 heterocycles. The second-order valence-electron chi connectivity index (χ2n) is 6.60. The van der Waals surface area contributed by atoms with E-state index in [1.807, 2.05) is 42.5 Å². The third-order valence-electron chi connectivity index (χ3n) is 4.61. The van der Waals surface area contributed by atoms with Gasteiger partial charge in [0.2, 0.25) is 5.13 Å². The number of rotatable bonds is 5. The SMILES string of the molecule is Cc1nnc(N2C(=O)C(O)=C(C(=O)C=Cc3ccccc3)C2c2ccc(Br)cc2)s1. The zero-order valence-electron chi connectivity index (χ0n) is 15.8. The second-order valence-corrected chi connectivity index (χ2v) is 8.68. The number of ketones is 1. The third kappa shape index (κ3) is 3.83. The van der Waals surface area contributed by atoms with Crippen LogP contribution in [-0.4, -0.2) is 27.0 Å². The molecule has 1 atom stereocenters. The number of aliphatic hydroxyl groups is 1. The molecule has 0 radical (unpaired) electrons. The van der Waals surface area contributed by atoms with E-state index in [4.69, 9.17) is 0 Å². The van der Waals surface area contributed by atoms with Crippen molar-refractivity contribution in [2.75, 3.05) is 4.90 Å². The Labute approximate surface area is 185 Å². The van der Waals surface area contributed by atoms with E-state index in [9.17, 15) is 14.7 Å². The van der Waals surface area contributed by atoms with Crippen LogP contribution < -0.4 is 4.90 Å². The van der Waals surface area contributed by atoms with Crippen LogP contribution in [0.25, 0.3) is 6.08 Å². The normalized spacial score (nSPS) is 16.7. The Balaban J connectivity index is 1.78. The van der Waals surface area contributed by atoms with Gasteiger partial charge in [0.1, 0.15) is 5.01 Å². The van der Waals surface area contributed by atoms with Crippen LogP contribution in [-0.2, 0) is 9.59 Å². The molecule has 8 heteroatoms. The summed E-state index contributed by atoms with van der Waals surface area (Å²) in [5.74, 6) is -1.68. The lowest BCUT2D eigenvalue weighted by Crippen LogP contribution is -2.30. The minimum atomic E-state index is -0.800. The second kappa shape index (κ2) is 8.33. The molecule has 1 N–H and O–H groups in total. The fourth-order valence-corrected chi connectivity index (χ4v) is 4.20. The van der Waals surface area contributed by atoms with Crippen molar-refractivity contribution in [3.63, 3.8) is 0 Å². The highest BCUT2D eigenvalue weighted by atomic mass is 79.9. The number of amides is 1. The average Bonchev–Trinajstić information content (AvgIpc) is 3.28. The maximum Gasteiger partial charge on any atom is 0.296 e. The minimum absolute atomic E-state index is 0.0161. The number of nitrogens with zero attached hydrogens (tertiary/aromatic N) is 3. The number of aryl methyl sites for hydroxylation is 1. The van der Waals surface area contributed by atoms with Crippen LogP contribution in [0.3, 0.4) is 0 Å². The zero-order valence-corrected chi connectivity index (χ0v) is 18.2. The number of aromatic nitrogens is 2. The van der Waals surface area contributed by atoms with Gasteiger partial charge in [-0.3, -0.25) is 14.5 Å². The molecule has 0 spiro atoms. The minimum Gasteiger partial charge on any atom is -0.503 e. The number of hydrogen-bond acceptors (Lipinski definition) is 6. The highest BCUT2D eigenvalue weighted by Crippen LogP contribution is 2.42. The maximum atomic E-state index is 13.1. The quantitative estimate of drug-likeness (QED) is 0.529. The van der Waals surface area contributed by atoms with Gasteiger partial charge in [-0.25, -0.2) is 0 Å². The molecule has 0 aliphatic carbocycles. The Morgan fingerprint density at radius 1 is 1.13 bits per heavy atom. The van der Waals surface area contributed by atoms with Crippen molar-refractivity contribution in [2.45, 2.75) is 13.0 Å². The lowest BCUT2D eigenvalue weighted by molar-refractivity contribution is -0.117. The van der Waals surface area contributed by atoms with Gasteiger partial charge in [0.15, 0.2) is 11.5 Å². The third-order valence-corrected chi connectivity index (χ3v) is 5.97. The fraction of sp³-hybridized carbons (Fsp3) is 0.0909. The molecule has 4 rings (SSSR count). The standard InChI is InChI=1S/C22H16BrN3O3S/c1-13-24-25-22(30-13)26-19(15-8-10-16(23)11-9-15)18(20(28)21(26)29)17(27)12-7-14-5-3-2-4-6-14/h2-12,19,28H,1H3. The number of halogens is 1. The van der Waals surface area contributed by atoms with Gasteiger partial charge in [0, 0.05) is 4.47 Å². The van der Waals surface area contributed by atoms with Gasteiger partial charge in [-0.1, -0.05) is 75.8 Å². The van der Waals surface area contributed by atoms with E-state index in [1.165, 1.54) is 22.3 Å². The molecule has 3 aromatic rings. The Kier molecular flexibility index (Phi) is 5.61. The summed E-state index contributed by atoms with van der Waals surface area (Å²) in [6, 6.07) is 15.8. The summed E-state index contributed by atoms with van der Waals surface area (Å²) in [7, 11) is 0. The van der Waals surface area contributed by atoms with Gasteiger partial charge < -0.3 is 5.11 Å². The number of aliphatic hydroxyl groups excluding tert-OH is 1. The van der Waals surface area contributed by atoms with Crippen molar-refractivity contribution in [2.24, 2.45) is 0 Å². The lowest BCUT2D eigenvalue weighted by atomic mass is 9.96. The molecule has 1 amide bonds. The van der Waals surface area contributed by atoms with Gasteiger partial charge in [-0.2, -0.15) is 0 Å². The molecule has 2 aromatic carbocycles. The van der Waals surface area contributed by atoms with Crippen molar-refractivity contribution >= 4 is 50.2 Å². The van der Waals surface area contributed by atoms with Crippen LogP contribution in [0.4, 0.5) is 5.13 Å². The van der Waals surface area contributed by atoms with Crippen LogP contribution in [0, 0.1) is 6.92 Å². The summed E-state index contributed by atoms with van der Waals surface area (Å²) in [5.41, 5.74) is 1.54. The van der Waals surface area contributed by atoms with Gasteiger partial charge in [-0.15, -0.1) is 10.2 Å². The zero-order chi connectivity index (χ0) is 21.3. The number of carbonyl (C=O) groups excluding carboxylic acids is 2. The first kappa shape index (κ1) is 20.2. The molecule has 30 heavy (non-hydrogen) atoms. The maximum absolute atomic E-state index is 13.1. The van der Waals surface area contributed by atoms with Crippen LogP contribution >= 0.6 is 27.3 Å². The molecular formula is C22H16BrN3O3S. The largest absolute Gasteiger partial charge is 0.503 e. The molecule has 0 saturated carbocycles. The van der Waals surface area contributed by atoms with E-state index < -0.39 is 23.5 Å². The molecule has 1 unspecified atom stereocenters. The number of anilines is 1.